The Bertz CT molecular complexity index is 801. The number of hydrogen-bond acceptors (Lipinski definition) is 3. The maximum atomic E-state index is 11.1. The number of nitro groups is 1. The lowest BCUT2D eigenvalue weighted by atomic mass is 9.77. The zero-order valence-electron chi connectivity index (χ0n) is 12.3. The van der Waals surface area contributed by atoms with E-state index >= 15 is 0 Å². The van der Waals surface area contributed by atoms with E-state index in [1.54, 1.807) is 12.1 Å². The zero-order valence-corrected chi connectivity index (χ0v) is 13.9. The summed E-state index contributed by atoms with van der Waals surface area (Å²) in [6.45, 7) is 0. The molecule has 1 aliphatic carbocycles. The molecule has 2 aliphatic rings. The molecule has 4 nitrogen and oxygen atoms in total. The van der Waals surface area contributed by atoms with Gasteiger partial charge in [-0.3, -0.25) is 10.1 Å². The third-order valence-electron chi connectivity index (χ3n) is 4.79. The number of non-ortho nitro benzene ring substituents is 1. The first kappa shape index (κ1) is 14.5. The van der Waals surface area contributed by atoms with Gasteiger partial charge in [0.2, 0.25) is 0 Å². The van der Waals surface area contributed by atoms with Crippen LogP contribution in [0.4, 0.5) is 11.4 Å². The molecule has 3 atom stereocenters. The second-order valence-corrected chi connectivity index (χ2v) is 6.97. The van der Waals surface area contributed by atoms with Gasteiger partial charge in [0.25, 0.3) is 5.69 Å². The average molecular weight is 371 g/mol. The predicted octanol–water partition coefficient (Wildman–Crippen LogP) is 5.18. The molecule has 116 valence electrons. The van der Waals surface area contributed by atoms with Crippen LogP contribution in [0.2, 0.25) is 0 Å². The molecule has 5 heteroatoms. The molecule has 0 amide bonds. The van der Waals surface area contributed by atoms with E-state index in [1.165, 1.54) is 5.56 Å². The van der Waals surface area contributed by atoms with Crippen molar-refractivity contribution in [3.8, 4) is 0 Å². The lowest BCUT2D eigenvalue weighted by Crippen LogP contribution is -2.29. The summed E-state index contributed by atoms with van der Waals surface area (Å²) in [7, 11) is 0. The van der Waals surface area contributed by atoms with Crippen LogP contribution < -0.4 is 5.32 Å². The largest absolute Gasteiger partial charge is 0.378 e. The first-order valence-electron chi connectivity index (χ1n) is 7.60. The van der Waals surface area contributed by atoms with Gasteiger partial charge in [-0.25, -0.2) is 0 Å². The number of benzene rings is 2. The Hall–Kier alpha value is -2.14. The van der Waals surface area contributed by atoms with E-state index < -0.39 is 0 Å². The number of rotatable bonds is 2. The van der Waals surface area contributed by atoms with Gasteiger partial charge in [0, 0.05) is 28.2 Å². The smallest absolute Gasteiger partial charge is 0.269 e. The number of nitro benzene ring substituents is 1. The average Bonchev–Trinajstić information content (AvgIpc) is 3.04. The Labute approximate surface area is 142 Å². The lowest BCUT2D eigenvalue weighted by molar-refractivity contribution is -0.384. The predicted molar refractivity (Wildman–Crippen MR) is 93.6 cm³/mol. The van der Waals surface area contributed by atoms with Gasteiger partial charge in [0.15, 0.2) is 0 Å². The van der Waals surface area contributed by atoms with Crippen LogP contribution in [-0.4, -0.2) is 4.92 Å². The molecular weight excluding hydrogens is 356 g/mol. The lowest BCUT2D eigenvalue weighted by Gasteiger charge is -2.37. The summed E-state index contributed by atoms with van der Waals surface area (Å²) in [5.74, 6) is 0.630. The Morgan fingerprint density at radius 2 is 1.96 bits per heavy atom. The Balaban J connectivity index is 1.77. The van der Waals surface area contributed by atoms with Gasteiger partial charge >= 0.3 is 0 Å². The molecule has 0 fully saturated rings. The van der Waals surface area contributed by atoms with Gasteiger partial charge in [-0.2, -0.15) is 0 Å². The highest BCUT2D eigenvalue weighted by Crippen LogP contribution is 2.50. The summed E-state index contributed by atoms with van der Waals surface area (Å²) in [4.78, 5) is 10.7. The quantitative estimate of drug-likeness (QED) is 0.449. The molecule has 0 bridgehead atoms. The number of allylic oxidation sites excluding steroid dienone is 2. The molecule has 2 aromatic rings. The first-order valence-corrected chi connectivity index (χ1v) is 8.40. The van der Waals surface area contributed by atoms with Crippen molar-refractivity contribution in [2.75, 3.05) is 5.32 Å². The van der Waals surface area contributed by atoms with Crippen molar-refractivity contribution in [2.45, 2.75) is 18.4 Å². The molecule has 0 aromatic heterocycles. The van der Waals surface area contributed by atoms with Crippen molar-refractivity contribution < 1.29 is 4.92 Å². The number of nitrogens with one attached hydrogen (secondary N) is 1. The minimum atomic E-state index is -0.325. The van der Waals surface area contributed by atoms with Crippen LogP contribution in [0.5, 0.6) is 0 Å². The first-order chi connectivity index (χ1) is 11.1. The highest BCUT2D eigenvalue weighted by atomic mass is 79.9. The van der Waals surface area contributed by atoms with Crippen molar-refractivity contribution in [3.05, 3.63) is 80.3 Å². The van der Waals surface area contributed by atoms with Gasteiger partial charge in [-0.05, 0) is 41.7 Å². The van der Waals surface area contributed by atoms with Gasteiger partial charge in [-0.1, -0.05) is 40.2 Å². The fourth-order valence-electron chi connectivity index (χ4n) is 3.70. The summed E-state index contributed by atoms with van der Waals surface area (Å²) in [5, 5.41) is 14.7. The van der Waals surface area contributed by atoms with Crippen molar-refractivity contribution in [1.29, 1.82) is 0 Å². The van der Waals surface area contributed by atoms with Gasteiger partial charge in [0.05, 0.1) is 11.0 Å². The van der Waals surface area contributed by atoms with Crippen LogP contribution in [-0.2, 0) is 0 Å². The van der Waals surface area contributed by atoms with Crippen LogP contribution in [0, 0.1) is 16.0 Å². The van der Waals surface area contributed by atoms with Gasteiger partial charge in [-0.15, -0.1) is 0 Å². The number of anilines is 1. The summed E-state index contributed by atoms with van der Waals surface area (Å²) in [6, 6.07) is 13.7. The van der Waals surface area contributed by atoms with E-state index in [9.17, 15) is 10.1 Å². The SMILES string of the molecule is O=[N+]([O-])c1ccc2c(c1)[C@H]1C=CC[C@@H]1[C@H](c1ccc(Br)cc1)N2. The molecule has 0 spiro atoms. The Morgan fingerprint density at radius 3 is 2.70 bits per heavy atom. The van der Waals surface area contributed by atoms with E-state index in [0.717, 1.165) is 22.1 Å². The second-order valence-electron chi connectivity index (χ2n) is 6.06. The third-order valence-corrected chi connectivity index (χ3v) is 5.31. The standard InChI is InChI=1S/C18H15BrN2O2/c19-12-6-4-11(5-7-12)18-15-3-1-2-14(15)16-10-13(21(22)23)8-9-17(16)20-18/h1-2,4-10,14-15,18,20H,3H2/t14-,15-,18-/m0/s1. The fraction of sp³-hybridized carbons (Fsp3) is 0.222. The molecule has 0 unspecified atom stereocenters. The maximum Gasteiger partial charge on any atom is 0.269 e. The number of halogens is 1. The number of nitrogens with zero attached hydrogens (tertiary/aromatic N) is 1. The van der Waals surface area contributed by atoms with Crippen LogP contribution in [0.15, 0.2) is 59.1 Å². The molecule has 4 rings (SSSR count). The molecule has 0 saturated carbocycles. The van der Waals surface area contributed by atoms with Gasteiger partial charge in [0.1, 0.15) is 0 Å². The Morgan fingerprint density at radius 1 is 1.17 bits per heavy atom. The van der Waals surface area contributed by atoms with Crippen molar-refractivity contribution in [1.82, 2.24) is 0 Å². The van der Waals surface area contributed by atoms with Crippen molar-refractivity contribution in [3.63, 3.8) is 0 Å². The normalized spacial score (nSPS) is 24.7. The van der Waals surface area contributed by atoms with Crippen molar-refractivity contribution in [2.24, 2.45) is 5.92 Å². The number of fused-ring (bicyclic) bond motifs is 3. The fourth-order valence-corrected chi connectivity index (χ4v) is 3.96. The van der Waals surface area contributed by atoms with Crippen molar-refractivity contribution >= 4 is 27.3 Å². The van der Waals surface area contributed by atoms with E-state index in [4.69, 9.17) is 0 Å². The van der Waals surface area contributed by atoms with Crippen LogP contribution in [0.1, 0.15) is 29.5 Å². The summed E-state index contributed by atoms with van der Waals surface area (Å²) in [6.07, 6.45) is 5.37. The minimum Gasteiger partial charge on any atom is -0.378 e. The molecule has 0 saturated heterocycles. The number of hydrogen-bond donors (Lipinski definition) is 1. The molecule has 2 aromatic carbocycles. The molecular formula is C18H15BrN2O2. The van der Waals surface area contributed by atoms with E-state index in [0.29, 0.717) is 5.92 Å². The molecule has 0 radical (unpaired) electrons. The minimum absolute atomic E-state index is 0.159. The summed E-state index contributed by atoms with van der Waals surface area (Å²) in [5.41, 5.74) is 3.44. The monoisotopic (exact) mass is 370 g/mol. The maximum absolute atomic E-state index is 11.1. The second kappa shape index (κ2) is 5.49. The summed E-state index contributed by atoms with van der Waals surface area (Å²) < 4.78 is 1.06. The zero-order chi connectivity index (χ0) is 16.0. The highest BCUT2D eigenvalue weighted by molar-refractivity contribution is 9.10. The topological polar surface area (TPSA) is 55.2 Å². The van der Waals surface area contributed by atoms with Crippen LogP contribution in [0.3, 0.4) is 0 Å². The van der Waals surface area contributed by atoms with E-state index in [1.807, 2.05) is 6.07 Å². The van der Waals surface area contributed by atoms with Crippen LogP contribution in [0.25, 0.3) is 0 Å². The molecule has 1 N–H and O–H groups in total. The molecule has 1 heterocycles. The highest BCUT2D eigenvalue weighted by Gasteiger charge is 2.38. The van der Waals surface area contributed by atoms with E-state index in [-0.39, 0.29) is 22.6 Å². The Kier molecular flexibility index (Phi) is 3.45. The molecule has 1 aliphatic heterocycles. The summed E-state index contributed by atoms with van der Waals surface area (Å²) >= 11 is 3.48. The van der Waals surface area contributed by atoms with Crippen LogP contribution >= 0.6 is 15.9 Å². The third kappa shape index (κ3) is 2.45. The van der Waals surface area contributed by atoms with E-state index in [2.05, 4.69) is 57.7 Å². The molecule has 23 heavy (non-hydrogen) atoms. The van der Waals surface area contributed by atoms with Gasteiger partial charge < -0.3 is 5.32 Å².